The molecule has 1 heterocycles. The highest BCUT2D eigenvalue weighted by molar-refractivity contribution is 6.02. The van der Waals surface area contributed by atoms with Crippen LogP contribution < -0.4 is 16.0 Å². The summed E-state index contributed by atoms with van der Waals surface area (Å²) in [5.74, 6) is -0.478. The summed E-state index contributed by atoms with van der Waals surface area (Å²) < 4.78 is 39.6. The SMILES string of the molecule is C[C@@H](Cc1ccccc1)N1C(=O)C(NC(N)=O)Cc2ccc(C(F)(F)F)cc21. The number of carbonyl (C=O) groups is 2. The third-order valence-corrected chi connectivity index (χ3v) is 4.76. The van der Waals surface area contributed by atoms with E-state index in [1.165, 1.54) is 11.0 Å². The number of nitrogens with two attached hydrogens (primary N) is 1. The van der Waals surface area contributed by atoms with E-state index in [9.17, 15) is 22.8 Å². The minimum absolute atomic E-state index is 0.0871. The maximum atomic E-state index is 13.2. The van der Waals surface area contributed by atoms with Crippen molar-refractivity contribution in [1.82, 2.24) is 5.32 Å². The van der Waals surface area contributed by atoms with E-state index in [4.69, 9.17) is 5.73 Å². The van der Waals surface area contributed by atoms with Gasteiger partial charge in [0, 0.05) is 18.2 Å². The quantitative estimate of drug-likeness (QED) is 0.840. The lowest BCUT2D eigenvalue weighted by molar-refractivity contribution is -0.137. The van der Waals surface area contributed by atoms with Crippen LogP contribution in [0.5, 0.6) is 0 Å². The third kappa shape index (κ3) is 4.11. The van der Waals surface area contributed by atoms with Gasteiger partial charge in [0.1, 0.15) is 6.04 Å². The molecule has 1 aliphatic heterocycles. The number of carbonyl (C=O) groups excluding carboxylic acids is 2. The standard InChI is InChI=1S/C20H20F3N3O2/c1-12(9-13-5-3-2-4-6-13)26-17-11-15(20(21,22)23)8-7-14(17)10-16(18(26)27)25-19(24)28/h2-8,11-12,16H,9-10H2,1H3,(H3,24,25,28)/t12-,16?/m0/s1. The summed E-state index contributed by atoms with van der Waals surface area (Å²) >= 11 is 0. The van der Waals surface area contributed by atoms with E-state index in [1.807, 2.05) is 30.3 Å². The number of nitrogens with one attached hydrogen (secondary N) is 1. The number of rotatable bonds is 4. The van der Waals surface area contributed by atoms with Gasteiger partial charge in [-0.25, -0.2) is 4.79 Å². The fourth-order valence-electron chi connectivity index (χ4n) is 3.52. The zero-order valence-corrected chi connectivity index (χ0v) is 15.2. The van der Waals surface area contributed by atoms with Crippen LogP contribution in [0.4, 0.5) is 23.7 Å². The van der Waals surface area contributed by atoms with Crippen molar-refractivity contribution in [2.45, 2.75) is 38.0 Å². The molecule has 0 spiro atoms. The average molecular weight is 391 g/mol. The molecular weight excluding hydrogens is 371 g/mol. The van der Waals surface area contributed by atoms with E-state index in [0.717, 1.165) is 17.7 Å². The molecule has 2 atom stereocenters. The summed E-state index contributed by atoms with van der Waals surface area (Å²) in [5, 5.41) is 2.39. The fraction of sp³-hybridized carbons (Fsp3) is 0.300. The van der Waals surface area contributed by atoms with Crippen molar-refractivity contribution in [3.05, 3.63) is 65.2 Å². The Kier molecular flexibility index (Phi) is 5.31. The average Bonchev–Trinajstić information content (AvgIpc) is 2.61. The van der Waals surface area contributed by atoms with E-state index in [1.54, 1.807) is 6.92 Å². The first-order chi connectivity index (χ1) is 13.2. The molecule has 0 bridgehead atoms. The lowest BCUT2D eigenvalue weighted by atomic mass is 9.93. The van der Waals surface area contributed by atoms with Crippen LogP contribution in [0.25, 0.3) is 0 Å². The number of hydrogen-bond donors (Lipinski definition) is 2. The number of urea groups is 1. The van der Waals surface area contributed by atoms with Gasteiger partial charge in [-0.1, -0.05) is 36.4 Å². The Morgan fingerprint density at radius 3 is 2.54 bits per heavy atom. The molecule has 5 nitrogen and oxygen atoms in total. The minimum atomic E-state index is -4.52. The van der Waals surface area contributed by atoms with Gasteiger partial charge >= 0.3 is 12.2 Å². The van der Waals surface area contributed by atoms with Gasteiger partial charge in [0.25, 0.3) is 0 Å². The first kappa shape index (κ1) is 19.7. The van der Waals surface area contributed by atoms with Crippen LogP contribution in [0.3, 0.4) is 0 Å². The number of nitrogens with zero attached hydrogens (tertiary/aromatic N) is 1. The first-order valence-corrected chi connectivity index (χ1v) is 8.80. The second kappa shape index (κ2) is 7.53. The van der Waals surface area contributed by atoms with Gasteiger partial charge in [0.15, 0.2) is 0 Å². The molecule has 8 heteroatoms. The van der Waals surface area contributed by atoms with Gasteiger partial charge in [0.05, 0.1) is 5.56 Å². The second-order valence-electron chi connectivity index (χ2n) is 6.85. The van der Waals surface area contributed by atoms with E-state index >= 15 is 0 Å². The van der Waals surface area contributed by atoms with Gasteiger partial charge in [-0.15, -0.1) is 0 Å². The van der Waals surface area contributed by atoms with Crippen molar-refractivity contribution in [2.24, 2.45) is 5.73 Å². The lowest BCUT2D eigenvalue weighted by Crippen LogP contribution is -2.56. The van der Waals surface area contributed by atoms with E-state index in [-0.39, 0.29) is 12.1 Å². The molecule has 0 aromatic heterocycles. The van der Waals surface area contributed by atoms with E-state index in [0.29, 0.717) is 12.0 Å². The highest BCUT2D eigenvalue weighted by Gasteiger charge is 2.38. The van der Waals surface area contributed by atoms with Gasteiger partial charge < -0.3 is 16.0 Å². The molecule has 28 heavy (non-hydrogen) atoms. The Morgan fingerprint density at radius 2 is 1.93 bits per heavy atom. The molecule has 1 unspecified atom stereocenters. The molecule has 3 rings (SSSR count). The predicted molar refractivity (Wildman–Crippen MR) is 98.7 cm³/mol. The molecule has 0 saturated heterocycles. The third-order valence-electron chi connectivity index (χ3n) is 4.76. The number of amides is 3. The summed E-state index contributed by atoms with van der Waals surface area (Å²) in [4.78, 5) is 25.6. The number of alkyl halides is 3. The molecule has 0 aliphatic carbocycles. The maximum absolute atomic E-state index is 13.2. The number of halogens is 3. The first-order valence-electron chi connectivity index (χ1n) is 8.80. The van der Waals surface area contributed by atoms with Crippen LogP contribution in [0, 0.1) is 0 Å². The van der Waals surface area contributed by atoms with Crippen LogP contribution in [0.1, 0.15) is 23.6 Å². The topological polar surface area (TPSA) is 75.4 Å². The molecule has 2 aromatic carbocycles. The number of anilines is 1. The highest BCUT2D eigenvalue weighted by atomic mass is 19.4. The monoisotopic (exact) mass is 391 g/mol. The molecule has 3 amide bonds. The molecule has 148 valence electrons. The fourth-order valence-corrected chi connectivity index (χ4v) is 3.52. The highest BCUT2D eigenvalue weighted by Crippen LogP contribution is 2.37. The number of hydrogen-bond acceptors (Lipinski definition) is 2. The predicted octanol–water partition coefficient (Wildman–Crippen LogP) is 3.26. The van der Waals surface area contributed by atoms with Gasteiger partial charge in [0.2, 0.25) is 5.91 Å². The van der Waals surface area contributed by atoms with Crippen LogP contribution in [-0.4, -0.2) is 24.0 Å². The zero-order valence-electron chi connectivity index (χ0n) is 15.2. The van der Waals surface area contributed by atoms with E-state index < -0.39 is 35.8 Å². The van der Waals surface area contributed by atoms with Crippen LogP contribution >= 0.6 is 0 Å². The number of fused-ring (bicyclic) bond motifs is 1. The van der Waals surface area contributed by atoms with Gasteiger partial charge in [-0.3, -0.25) is 4.79 Å². The van der Waals surface area contributed by atoms with Crippen molar-refractivity contribution < 1.29 is 22.8 Å². The van der Waals surface area contributed by atoms with Crippen molar-refractivity contribution in [3.8, 4) is 0 Å². The summed E-state index contributed by atoms with van der Waals surface area (Å²) in [7, 11) is 0. The molecule has 0 radical (unpaired) electrons. The molecule has 0 saturated carbocycles. The van der Waals surface area contributed by atoms with Crippen LogP contribution in [0.2, 0.25) is 0 Å². The van der Waals surface area contributed by atoms with Crippen LogP contribution in [-0.2, 0) is 23.8 Å². The van der Waals surface area contributed by atoms with Crippen molar-refractivity contribution in [2.75, 3.05) is 4.90 Å². The van der Waals surface area contributed by atoms with Crippen molar-refractivity contribution >= 4 is 17.6 Å². The maximum Gasteiger partial charge on any atom is 0.416 e. The van der Waals surface area contributed by atoms with Crippen LogP contribution in [0.15, 0.2) is 48.5 Å². The van der Waals surface area contributed by atoms with Gasteiger partial charge in [-0.2, -0.15) is 13.2 Å². The molecule has 3 N–H and O–H groups in total. The summed E-state index contributed by atoms with van der Waals surface area (Å²) in [6, 6.07) is 10.5. The molecular formula is C20H20F3N3O2. The molecule has 1 aliphatic rings. The zero-order chi connectivity index (χ0) is 20.5. The minimum Gasteiger partial charge on any atom is -0.352 e. The van der Waals surface area contributed by atoms with Gasteiger partial charge in [-0.05, 0) is 36.6 Å². The number of primary amides is 1. The van der Waals surface area contributed by atoms with Crippen molar-refractivity contribution in [3.63, 3.8) is 0 Å². The Bertz CT molecular complexity index is 884. The Labute approximate surface area is 160 Å². The Morgan fingerprint density at radius 1 is 1.25 bits per heavy atom. The Hall–Kier alpha value is -3.03. The summed E-state index contributed by atoms with van der Waals surface area (Å²) in [6.45, 7) is 1.77. The second-order valence-corrected chi connectivity index (χ2v) is 6.85. The lowest BCUT2D eigenvalue weighted by Gasteiger charge is -2.38. The number of benzene rings is 2. The normalized spacial score (nSPS) is 17.8. The largest absolute Gasteiger partial charge is 0.416 e. The molecule has 2 aromatic rings. The molecule has 0 fully saturated rings. The summed E-state index contributed by atoms with van der Waals surface area (Å²) in [6.07, 6.45) is -3.98. The van der Waals surface area contributed by atoms with Crippen molar-refractivity contribution in [1.29, 1.82) is 0 Å². The smallest absolute Gasteiger partial charge is 0.352 e. The summed E-state index contributed by atoms with van der Waals surface area (Å²) in [5.41, 5.74) is 6.05. The van der Waals surface area contributed by atoms with E-state index in [2.05, 4.69) is 5.32 Å². The Balaban J connectivity index is 2.01.